The summed E-state index contributed by atoms with van der Waals surface area (Å²) in [5, 5.41) is 36.7. The number of hydrogen-bond donors (Lipinski definition) is 3. The molecule has 0 aliphatic carbocycles. The van der Waals surface area contributed by atoms with Crippen molar-refractivity contribution in [3.8, 4) is 11.3 Å². The number of aliphatic hydroxyl groups excluding tert-OH is 3. The van der Waals surface area contributed by atoms with Gasteiger partial charge in [-0.25, -0.2) is 17.9 Å². The van der Waals surface area contributed by atoms with Gasteiger partial charge < -0.3 is 20.1 Å². The fourth-order valence-electron chi connectivity index (χ4n) is 2.63. The quantitative estimate of drug-likeness (QED) is 0.678. The molecule has 2 aromatic rings. The molecule has 4 atom stereocenters. The van der Waals surface area contributed by atoms with Crippen molar-refractivity contribution in [1.29, 1.82) is 0 Å². The first kappa shape index (κ1) is 16.8. The van der Waals surface area contributed by atoms with Crippen LogP contribution in [-0.4, -0.2) is 61.8 Å². The molecule has 3 N–H and O–H groups in total. The molecule has 4 unspecified atom stereocenters. The molecule has 24 heavy (non-hydrogen) atoms. The Labute approximate surface area is 133 Å². The van der Waals surface area contributed by atoms with E-state index in [-0.39, 0.29) is 17.9 Å². The summed E-state index contributed by atoms with van der Waals surface area (Å²) in [5.41, 5.74) is -0.410. The summed E-state index contributed by atoms with van der Waals surface area (Å²) in [4.78, 5) is 0. The lowest BCUT2D eigenvalue weighted by molar-refractivity contribution is -0.166. The van der Waals surface area contributed by atoms with Gasteiger partial charge in [0.05, 0.1) is 19.4 Å². The number of nitrogens with zero attached hydrogens (tertiary/aromatic N) is 3. The number of aliphatic hydroxyl groups is 3. The molecule has 0 amide bonds. The maximum Gasteiger partial charge on any atom is 0.195 e. The summed E-state index contributed by atoms with van der Waals surface area (Å²) in [6, 6.07) is 0.771. The van der Waals surface area contributed by atoms with Gasteiger partial charge in [0.25, 0.3) is 0 Å². The van der Waals surface area contributed by atoms with E-state index in [9.17, 15) is 23.4 Å². The largest absolute Gasteiger partial charge is 0.394 e. The van der Waals surface area contributed by atoms with Crippen molar-refractivity contribution in [2.75, 3.05) is 13.2 Å². The summed E-state index contributed by atoms with van der Waals surface area (Å²) in [5.74, 6) is -4.37. The van der Waals surface area contributed by atoms with Gasteiger partial charge in [-0.15, -0.1) is 5.10 Å². The van der Waals surface area contributed by atoms with Crippen molar-refractivity contribution in [2.45, 2.75) is 24.4 Å². The average Bonchev–Trinajstić information content (AvgIpc) is 3.02. The van der Waals surface area contributed by atoms with Crippen molar-refractivity contribution in [3.63, 3.8) is 0 Å². The van der Waals surface area contributed by atoms with Gasteiger partial charge in [0.1, 0.15) is 30.0 Å². The monoisotopic (exact) mass is 345 g/mol. The van der Waals surface area contributed by atoms with Gasteiger partial charge in [-0.3, -0.25) is 0 Å². The molecular formula is C14H14F3N3O4. The second kappa shape index (κ2) is 6.48. The summed E-state index contributed by atoms with van der Waals surface area (Å²) in [6.07, 6.45) is -2.17. The molecule has 7 nitrogen and oxygen atoms in total. The summed E-state index contributed by atoms with van der Waals surface area (Å²) in [6.45, 7) is -0.620. The molecule has 0 spiro atoms. The highest BCUT2D eigenvalue weighted by Crippen LogP contribution is 2.28. The minimum Gasteiger partial charge on any atom is -0.394 e. The highest BCUT2D eigenvalue weighted by atomic mass is 19.2. The van der Waals surface area contributed by atoms with E-state index in [0.29, 0.717) is 0 Å². The molecule has 1 aliphatic heterocycles. The van der Waals surface area contributed by atoms with Crippen LogP contribution in [0.25, 0.3) is 11.3 Å². The maximum atomic E-state index is 13.8. The zero-order valence-electron chi connectivity index (χ0n) is 12.2. The average molecular weight is 345 g/mol. The van der Waals surface area contributed by atoms with E-state index in [2.05, 4.69) is 10.3 Å². The van der Waals surface area contributed by atoms with E-state index >= 15 is 0 Å². The third kappa shape index (κ3) is 2.77. The van der Waals surface area contributed by atoms with Gasteiger partial charge in [0, 0.05) is 5.56 Å². The first-order chi connectivity index (χ1) is 11.4. The molecule has 1 saturated heterocycles. The molecule has 1 fully saturated rings. The number of benzene rings is 1. The first-order valence-corrected chi connectivity index (χ1v) is 7.08. The molecule has 0 bridgehead atoms. The maximum absolute atomic E-state index is 13.8. The zero-order chi connectivity index (χ0) is 17.4. The number of hydrogen-bond acceptors (Lipinski definition) is 6. The van der Waals surface area contributed by atoms with E-state index in [1.165, 1.54) is 6.20 Å². The van der Waals surface area contributed by atoms with Crippen LogP contribution in [0.4, 0.5) is 13.2 Å². The smallest absolute Gasteiger partial charge is 0.195 e. The fraction of sp³-hybridized carbons (Fsp3) is 0.429. The number of halogens is 3. The third-order valence-electron chi connectivity index (χ3n) is 3.91. The van der Waals surface area contributed by atoms with Gasteiger partial charge in [-0.05, 0) is 12.1 Å². The van der Waals surface area contributed by atoms with Crippen LogP contribution in [0.2, 0.25) is 0 Å². The van der Waals surface area contributed by atoms with Gasteiger partial charge in [0.2, 0.25) is 0 Å². The van der Waals surface area contributed by atoms with Crippen molar-refractivity contribution < 1.29 is 33.2 Å². The van der Waals surface area contributed by atoms with Crippen molar-refractivity contribution in [3.05, 3.63) is 35.8 Å². The van der Waals surface area contributed by atoms with Crippen molar-refractivity contribution >= 4 is 0 Å². The Kier molecular flexibility index (Phi) is 4.54. The van der Waals surface area contributed by atoms with Crippen molar-refractivity contribution in [1.82, 2.24) is 15.0 Å². The van der Waals surface area contributed by atoms with Gasteiger partial charge in [0.15, 0.2) is 17.5 Å². The summed E-state index contributed by atoms with van der Waals surface area (Å²) >= 11 is 0. The lowest BCUT2D eigenvalue weighted by Gasteiger charge is -2.36. The molecule has 1 aliphatic rings. The van der Waals surface area contributed by atoms with Crippen LogP contribution in [0.3, 0.4) is 0 Å². The second-order valence-corrected chi connectivity index (χ2v) is 5.41. The first-order valence-electron chi connectivity index (χ1n) is 7.08. The van der Waals surface area contributed by atoms with E-state index in [0.717, 1.165) is 16.8 Å². The molecule has 2 heterocycles. The number of ether oxygens (including phenoxy) is 1. The van der Waals surface area contributed by atoms with Gasteiger partial charge in [-0.2, -0.15) is 0 Å². The molecule has 1 aromatic carbocycles. The number of aromatic nitrogens is 3. The van der Waals surface area contributed by atoms with Gasteiger partial charge in [-0.1, -0.05) is 5.21 Å². The molecule has 1 aromatic heterocycles. The Morgan fingerprint density at radius 3 is 2.67 bits per heavy atom. The van der Waals surface area contributed by atoms with E-state index < -0.39 is 48.4 Å². The Balaban J connectivity index is 1.94. The van der Waals surface area contributed by atoms with Crippen LogP contribution >= 0.6 is 0 Å². The zero-order valence-corrected chi connectivity index (χ0v) is 12.2. The molecule has 3 rings (SSSR count). The van der Waals surface area contributed by atoms with Crippen LogP contribution < -0.4 is 0 Å². The molecule has 130 valence electrons. The van der Waals surface area contributed by atoms with Crippen LogP contribution in [0.1, 0.15) is 6.04 Å². The highest BCUT2D eigenvalue weighted by molar-refractivity contribution is 5.58. The minimum atomic E-state index is -1.63. The molecule has 10 heteroatoms. The van der Waals surface area contributed by atoms with Crippen LogP contribution in [0.15, 0.2) is 18.3 Å². The minimum absolute atomic E-state index is 0.0992. The Morgan fingerprint density at radius 1 is 1.21 bits per heavy atom. The molecule has 0 saturated carbocycles. The number of rotatable bonds is 3. The molecule has 0 radical (unpaired) electrons. The SMILES string of the molecule is OCC1OCC(O)C(n2cc(-c3ccc(F)c(F)c3F)nn2)C1O. The van der Waals surface area contributed by atoms with Crippen molar-refractivity contribution in [2.24, 2.45) is 0 Å². The lowest BCUT2D eigenvalue weighted by Crippen LogP contribution is -2.51. The van der Waals surface area contributed by atoms with Crippen LogP contribution in [0.5, 0.6) is 0 Å². The third-order valence-corrected chi connectivity index (χ3v) is 3.91. The summed E-state index contributed by atoms with van der Waals surface area (Å²) in [7, 11) is 0. The van der Waals surface area contributed by atoms with Crippen LogP contribution in [0, 0.1) is 17.5 Å². The van der Waals surface area contributed by atoms with E-state index in [1.807, 2.05) is 0 Å². The van der Waals surface area contributed by atoms with E-state index in [4.69, 9.17) is 9.84 Å². The predicted octanol–water partition coefficient (Wildman–Crippen LogP) is 0.0164. The highest BCUT2D eigenvalue weighted by Gasteiger charge is 2.40. The Bertz CT molecular complexity index is 742. The standard InChI is InChI=1S/C14H14F3N3O4/c15-7-2-1-6(11(16)12(7)17)8-3-20(19-18-8)13-9(22)5-24-10(4-21)14(13)23/h1-3,9-10,13-14,21-23H,4-5H2. The van der Waals surface area contributed by atoms with Crippen LogP contribution in [-0.2, 0) is 4.74 Å². The molecular weight excluding hydrogens is 331 g/mol. The Hall–Kier alpha value is -2.01. The fourth-order valence-corrected chi connectivity index (χ4v) is 2.63. The second-order valence-electron chi connectivity index (χ2n) is 5.41. The van der Waals surface area contributed by atoms with E-state index in [1.54, 1.807) is 0 Å². The topological polar surface area (TPSA) is 101 Å². The summed E-state index contributed by atoms with van der Waals surface area (Å²) < 4.78 is 46.3. The van der Waals surface area contributed by atoms with Gasteiger partial charge >= 0.3 is 0 Å². The predicted molar refractivity (Wildman–Crippen MR) is 73.2 cm³/mol. The normalized spacial score (nSPS) is 27.4. The Morgan fingerprint density at radius 2 is 1.96 bits per heavy atom. The lowest BCUT2D eigenvalue weighted by atomic mass is 9.97.